The molecule has 1 amide bonds. The molecule has 146 valence electrons. The van der Waals surface area contributed by atoms with Crippen LogP contribution in [0.5, 0.6) is 11.5 Å². The molecule has 0 unspecified atom stereocenters. The number of rotatable bonds is 8. The molecule has 0 fully saturated rings. The lowest BCUT2D eigenvalue weighted by Gasteiger charge is -2.13. The number of methoxy groups -OCH3 is 2. The van der Waals surface area contributed by atoms with Gasteiger partial charge in [-0.05, 0) is 54.8 Å². The van der Waals surface area contributed by atoms with Crippen molar-refractivity contribution in [1.82, 2.24) is 4.72 Å². The van der Waals surface area contributed by atoms with Crippen LogP contribution in [0.2, 0.25) is 0 Å². The molecule has 2 aromatic carbocycles. The largest absolute Gasteiger partial charge is 0.497 e. The van der Waals surface area contributed by atoms with E-state index >= 15 is 0 Å². The van der Waals surface area contributed by atoms with E-state index < -0.39 is 10.0 Å². The zero-order valence-corrected chi connectivity index (χ0v) is 16.6. The fraction of sp³-hybridized carbons (Fsp3) is 0.316. The number of nitrogens with one attached hydrogen (secondary N) is 2. The van der Waals surface area contributed by atoms with Gasteiger partial charge in [0, 0.05) is 19.2 Å². The predicted octanol–water partition coefficient (Wildman–Crippen LogP) is 2.49. The molecule has 0 saturated heterocycles. The third-order valence-electron chi connectivity index (χ3n) is 3.97. The molecule has 0 aliphatic carbocycles. The van der Waals surface area contributed by atoms with Gasteiger partial charge >= 0.3 is 0 Å². The smallest absolute Gasteiger partial charge is 0.240 e. The number of aryl methyl sites for hydroxylation is 1. The summed E-state index contributed by atoms with van der Waals surface area (Å²) in [5.41, 5.74) is 1.86. The summed E-state index contributed by atoms with van der Waals surface area (Å²) in [7, 11) is -0.598. The van der Waals surface area contributed by atoms with Crippen LogP contribution in [0, 0.1) is 6.92 Å². The molecule has 0 aliphatic heterocycles. The first-order chi connectivity index (χ1) is 12.8. The second-order valence-electron chi connectivity index (χ2n) is 5.99. The summed E-state index contributed by atoms with van der Waals surface area (Å²) in [5.74, 6) is 1.08. The topological polar surface area (TPSA) is 93.7 Å². The Hall–Kier alpha value is -2.58. The van der Waals surface area contributed by atoms with Gasteiger partial charge < -0.3 is 14.8 Å². The van der Waals surface area contributed by atoms with E-state index in [-0.39, 0.29) is 17.3 Å². The molecule has 0 aliphatic rings. The van der Waals surface area contributed by atoms with E-state index in [4.69, 9.17) is 9.47 Å². The molecule has 7 nitrogen and oxygen atoms in total. The highest BCUT2D eigenvalue weighted by Gasteiger charge is 2.18. The van der Waals surface area contributed by atoms with E-state index in [1.165, 1.54) is 13.0 Å². The van der Waals surface area contributed by atoms with Crippen molar-refractivity contribution in [2.45, 2.75) is 25.2 Å². The predicted molar refractivity (Wildman–Crippen MR) is 104 cm³/mol. The Morgan fingerprint density at radius 1 is 1.07 bits per heavy atom. The van der Waals surface area contributed by atoms with Crippen LogP contribution in [0.4, 0.5) is 5.69 Å². The summed E-state index contributed by atoms with van der Waals surface area (Å²) in [5, 5.41) is 2.59. The molecule has 0 aromatic heterocycles. The minimum Gasteiger partial charge on any atom is -0.497 e. The van der Waals surface area contributed by atoms with Crippen LogP contribution in [-0.2, 0) is 21.2 Å². The number of carbonyl (C=O) groups excluding carboxylic acids is 1. The van der Waals surface area contributed by atoms with Gasteiger partial charge in [-0.1, -0.05) is 6.07 Å². The van der Waals surface area contributed by atoms with Crippen molar-refractivity contribution < 1.29 is 22.7 Å². The Labute approximate surface area is 159 Å². The number of carbonyl (C=O) groups is 1. The summed E-state index contributed by atoms with van der Waals surface area (Å²) in [4.78, 5) is 11.3. The molecule has 0 bridgehead atoms. The van der Waals surface area contributed by atoms with Crippen LogP contribution in [0.15, 0.2) is 41.3 Å². The van der Waals surface area contributed by atoms with Gasteiger partial charge in [0.25, 0.3) is 0 Å². The number of ether oxygens (including phenoxy) is 2. The van der Waals surface area contributed by atoms with E-state index in [0.29, 0.717) is 29.2 Å². The molecule has 0 heterocycles. The van der Waals surface area contributed by atoms with Gasteiger partial charge in [-0.3, -0.25) is 4.79 Å². The summed E-state index contributed by atoms with van der Waals surface area (Å²) in [6.45, 7) is 3.26. The molecule has 0 atom stereocenters. The molecule has 2 aromatic rings. The molecule has 0 radical (unpaired) electrons. The number of anilines is 1. The van der Waals surface area contributed by atoms with Crippen LogP contribution < -0.4 is 19.5 Å². The zero-order valence-electron chi connectivity index (χ0n) is 15.8. The second-order valence-corrected chi connectivity index (χ2v) is 7.72. The number of sulfonamides is 1. The molecule has 2 N–H and O–H groups in total. The van der Waals surface area contributed by atoms with Gasteiger partial charge in [0.15, 0.2) is 0 Å². The molecule has 0 saturated carbocycles. The first-order valence-electron chi connectivity index (χ1n) is 8.35. The lowest BCUT2D eigenvalue weighted by molar-refractivity contribution is -0.114. The molecular formula is C19H24N2O5S. The van der Waals surface area contributed by atoms with Gasteiger partial charge in [0.1, 0.15) is 11.5 Å². The van der Waals surface area contributed by atoms with Gasteiger partial charge in [0.05, 0.1) is 19.1 Å². The van der Waals surface area contributed by atoms with Gasteiger partial charge in [-0.15, -0.1) is 0 Å². The molecule has 8 heteroatoms. The van der Waals surface area contributed by atoms with Crippen LogP contribution in [0.1, 0.15) is 18.1 Å². The van der Waals surface area contributed by atoms with Crippen molar-refractivity contribution in [3.05, 3.63) is 47.5 Å². The monoisotopic (exact) mass is 392 g/mol. The maximum atomic E-state index is 12.7. The van der Waals surface area contributed by atoms with Gasteiger partial charge in [-0.25, -0.2) is 13.1 Å². The maximum absolute atomic E-state index is 12.7. The normalized spacial score (nSPS) is 11.1. The van der Waals surface area contributed by atoms with Crippen LogP contribution in [0.25, 0.3) is 0 Å². The maximum Gasteiger partial charge on any atom is 0.240 e. The Kier molecular flexibility index (Phi) is 6.81. The Morgan fingerprint density at radius 3 is 2.44 bits per heavy atom. The number of hydrogen-bond acceptors (Lipinski definition) is 5. The SMILES string of the molecule is COc1ccc(OC)c(CCNS(=O)(=O)c2cc(NC(C)=O)ccc2C)c1. The molecule has 27 heavy (non-hydrogen) atoms. The van der Waals surface area contributed by atoms with Crippen LogP contribution >= 0.6 is 0 Å². The summed E-state index contributed by atoms with van der Waals surface area (Å²) in [6, 6.07) is 10.1. The third-order valence-corrected chi connectivity index (χ3v) is 5.58. The summed E-state index contributed by atoms with van der Waals surface area (Å²) in [6.07, 6.45) is 0.435. The first-order valence-corrected chi connectivity index (χ1v) is 9.84. The lowest BCUT2D eigenvalue weighted by atomic mass is 10.1. The molecular weight excluding hydrogens is 368 g/mol. The number of benzene rings is 2. The Bertz CT molecular complexity index is 926. The molecule has 2 rings (SSSR count). The minimum absolute atomic E-state index is 0.131. The molecule has 0 spiro atoms. The Morgan fingerprint density at radius 2 is 1.81 bits per heavy atom. The van der Waals surface area contributed by atoms with Crippen molar-refractivity contribution in [1.29, 1.82) is 0 Å². The highest BCUT2D eigenvalue weighted by Crippen LogP contribution is 2.24. The van der Waals surface area contributed by atoms with E-state index in [1.807, 2.05) is 6.07 Å². The van der Waals surface area contributed by atoms with Crippen LogP contribution in [0.3, 0.4) is 0 Å². The van der Waals surface area contributed by atoms with E-state index in [2.05, 4.69) is 10.0 Å². The lowest BCUT2D eigenvalue weighted by Crippen LogP contribution is -2.27. The fourth-order valence-corrected chi connectivity index (χ4v) is 3.95. The number of amides is 1. The number of hydrogen-bond donors (Lipinski definition) is 2. The highest BCUT2D eigenvalue weighted by atomic mass is 32.2. The van der Waals surface area contributed by atoms with Gasteiger partial charge in [0.2, 0.25) is 15.9 Å². The average Bonchev–Trinajstić information content (AvgIpc) is 2.62. The average molecular weight is 392 g/mol. The van der Waals surface area contributed by atoms with E-state index in [0.717, 1.165) is 5.56 Å². The van der Waals surface area contributed by atoms with Crippen molar-refractivity contribution in [3.8, 4) is 11.5 Å². The van der Waals surface area contributed by atoms with Crippen LogP contribution in [-0.4, -0.2) is 35.1 Å². The zero-order chi connectivity index (χ0) is 20.0. The summed E-state index contributed by atoms with van der Waals surface area (Å²) >= 11 is 0. The minimum atomic E-state index is -3.73. The van der Waals surface area contributed by atoms with Crippen molar-refractivity contribution >= 4 is 21.6 Å². The van der Waals surface area contributed by atoms with Crippen molar-refractivity contribution in [3.63, 3.8) is 0 Å². The first kappa shape index (κ1) is 20.7. The van der Waals surface area contributed by atoms with E-state index in [1.54, 1.807) is 45.4 Å². The summed E-state index contributed by atoms with van der Waals surface area (Å²) < 4.78 is 38.5. The van der Waals surface area contributed by atoms with Gasteiger partial charge in [-0.2, -0.15) is 0 Å². The van der Waals surface area contributed by atoms with Crippen molar-refractivity contribution in [2.75, 3.05) is 26.1 Å². The third kappa shape index (κ3) is 5.45. The second kappa shape index (κ2) is 8.88. The standard InChI is InChI=1S/C19H24N2O5S/c1-13-5-6-16(21-14(2)22)12-19(13)27(23,24)20-10-9-15-11-17(25-3)7-8-18(15)26-4/h5-8,11-12,20H,9-10H2,1-4H3,(H,21,22). The highest BCUT2D eigenvalue weighted by molar-refractivity contribution is 7.89. The quantitative estimate of drug-likeness (QED) is 0.720. The van der Waals surface area contributed by atoms with E-state index in [9.17, 15) is 13.2 Å². The van der Waals surface area contributed by atoms with Crippen molar-refractivity contribution in [2.24, 2.45) is 0 Å². The fourth-order valence-electron chi connectivity index (χ4n) is 2.65. The Balaban J connectivity index is 2.15.